The lowest BCUT2D eigenvalue weighted by Crippen LogP contribution is -2.20. The van der Waals surface area contributed by atoms with Crippen LogP contribution in [0, 0.1) is 6.92 Å². The zero-order chi connectivity index (χ0) is 13.5. The van der Waals surface area contributed by atoms with Crippen LogP contribution in [0.3, 0.4) is 0 Å². The summed E-state index contributed by atoms with van der Waals surface area (Å²) < 4.78 is 13.3. The van der Waals surface area contributed by atoms with Crippen molar-refractivity contribution in [2.45, 2.75) is 52.6 Å². The van der Waals surface area contributed by atoms with Crippen LogP contribution in [0.2, 0.25) is 0 Å². The molecule has 1 heterocycles. The number of anilines is 1. The van der Waals surface area contributed by atoms with Gasteiger partial charge in [0.15, 0.2) is 0 Å². The van der Waals surface area contributed by atoms with Crippen LogP contribution in [0.1, 0.15) is 38.8 Å². The summed E-state index contributed by atoms with van der Waals surface area (Å²) in [6, 6.07) is 0.302. The van der Waals surface area contributed by atoms with Crippen LogP contribution >= 0.6 is 0 Å². The number of rotatable bonds is 8. The van der Waals surface area contributed by atoms with E-state index in [1.807, 2.05) is 6.92 Å². The van der Waals surface area contributed by atoms with Gasteiger partial charge in [0.1, 0.15) is 0 Å². The van der Waals surface area contributed by atoms with Crippen molar-refractivity contribution >= 4 is 16.7 Å². The first-order valence-electron chi connectivity index (χ1n) is 6.63. The molecule has 2 atom stereocenters. The lowest BCUT2D eigenvalue weighted by atomic mass is 10.3. The summed E-state index contributed by atoms with van der Waals surface area (Å²) in [5, 5.41) is 3.41. The molecule has 1 aromatic rings. The number of nitrogens with zero attached hydrogens (tertiary/aromatic N) is 2. The summed E-state index contributed by atoms with van der Waals surface area (Å²) in [5.41, 5.74) is 1.04. The molecule has 4 nitrogen and oxygen atoms in total. The van der Waals surface area contributed by atoms with E-state index in [0.29, 0.717) is 6.04 Å². The van der Waals surface area contributed by atoms with Gasteiger partial charge in [-0.25, -0.2) is 4.98 Å². The van der Waals surface area contributed by atoms with E-state index in [-0.39, 0.29) is 0 Å². The van der Waals surface area contributed by atoms with Gasteiger partial charge in [-0.05, 0) is 26.7 Å². The maximum atomic E-state index is 11.1. The van der Waals surface area contributed by atoms with E-state index in [0.717, 1.165) is 36.8 Å². The van der Waals surface area contributed by atoms with E-state index < -0.39 is 10.8 Å². The molecule has 5 heteroatoms. The minimum absolute atomic E-state index is 0.302. The van der Waals surface area contributed by atoms with Crippen LogP contribution in [-0.4, -0.2) is 31.8 Å². The number of imidazole rings is 1. The van der Waals surface area contributed by atoms with Crippen LogP contribution in [-0.2, 0) is 17.3 Å². The van der Waals surface area contributed by atoms with Crippen molar-refractivity contribution < 1.29 is 4.21 Å². The Bertz CT molecular complexity index is 390. The Balaban J connectivity index is 2.56. The monoisotopic (exact) mass is 271 g/mol. The normalized spacial score (nSPS) is 14.4. The van der Waals surface area contributed by atoms with Gasteiger partial charge in [0.2, 0.25) is 5.95 Å². The van der Waals surface area contributed by atoms with Gasteiger partial charge in [0, 0.05) is 41.6 Å². The molecule has 0 fully saturated rings. The summed E-state index contributed by atoms with van der Waals surface area (Å²) in [5.74, 6) is 1.68. The molecule has 0 saturated heterocycles. The first-order valence-corrected chi connectivity index (χ1v) is 8.36. The predicted molar refractivity (Wildman–Crippen MR) is 78.5 cm³/mol. The Morgan fingerprint density at radius 1 is 1.56 bits per heavy atom. The van der Waals surface area contributed by atoms with Crippen LogP contribution < -0.4 is 5.32 Å². The van der Waals surface area contributed by atoms with E-state index in [1.54, 1.807) is 6.26 Å². The minimum Gasteiger partial charge on any atom is -0.353 e. The molecule has 0 bridgehead atoms. The largest absolute Gasteiger partial charge is 0.353 e. The van der Waals surface area contributed by atoms with Gasteiger partial charge in [0.25, 0.3) is 0 Å². The molecule has 0 amide bonds. The van der Waals surface area contributed by atoms with Crippen LogP contribution in [0.15, 0.2) is 6.20 Å². The number of hydrogen-bond acceptors (Lipinski definition) is 3. The topological polar surface area (TPSA) is 46.9 Å². The first-order chi connectivity index (χ1) is 8.52. The molecule has 1 aromatic heterocycles. The summed E-state index contributed by atoms with van der Waals surface area (Å²) in [6.45, 7) is 7.32. The molecule has 1 rings (SSSR count). The van der Waals surface area contributed by atoms with Gasteiger partial charge in [0.05, 0.1) is 5.69 Å². The fourth-order valence-electron chi connectivity index (χ4n) is 1.80. The second-order valence-corrected chi connectivity index (χ2v) is 6.42. The van der Waals surface area contributed by atoms with Gasteiger partial charge in [-0.15, -0.1) is 0 Å². The third kappa shape index (κ3) is 5.21. The molecule has 0 aliphatic rings. The van der Waals surface area contributed by atoms with Crippen molar-refractivity contribution in [2.75, 3.05) is 17.3 Å². The average molecular weight is 271 g/mol. The van der Waals surface area contributed by atoms with Crippen LogP contribution in [0.4, 0.5) is 5.95 Å². The Morgan fingerprint density at radius 3 is 2.89 bits per heavy atom. The van der Waals surface area contributed by atoms with Gasteiger partial charge in [-0.2, -0.15) is 0 Å². The Labute approximate surface area is 113 Å². The van der Waals surface area contributed by atoms with Gasteiger partial charge in [-0.1, -0.05) is 13.3 Å². The zero-order valence-electron chi connectivity index (χ0n) is 11.9. The van der Waals surface area contributed by atoms with E-state index in [2.05, 4.69) is 34.9 Å². The molecule has 0 aliphatic carbocycles. The Morgan fingerprint density at radius 2 is 2.28 bits per heavy atom. The highest BCUT2D eigenvalue weighted by Crippen LogP contribution is 2.12. The van der Waals surface area contributed by atoms with Crippen molar-refractivity contribution in [1.82, 2.24) is 9.55 Å². The lowest BCUT2D eigenvalue weighted by molar-refractivity contribution is 0.626. The number of aromatic nitrogens is 2. The summed E-state index contributed by atoms with van der Waals surface area (Å²) in [7, 11) is -0.716. The quantitative estimate of drug-likeness (QED) is 0.790. The van der Waals surface area contributed by atoms with Crippen molar-refractivity contribution in [1.29, 1.82) is 0 Å². The van der Waals surface area contributed by atoms with E-state index in [4.69, 9.17) is 0 Å². The molecule has 0 radical (unpaired) electrons. The fraction of sp³-hybridized carbons (Fsp3) is 0.769. The highest BCUT2D eigenvalue weighted by atomic mass is 32.2. The SMILES string of the molecule is CCCCn1cc(C)nc1NC(C)CCS(C)=O. The molecule has 2 unspecified atom stereocenters. The minimum atomic E-state index is -0.716. The number of nitrogens with one attached hydrogen (secondary N) is 1. The average Bonchev–Trinajstić information content (AvgIpc) is 2.64. The predicted octanol–water partition coefficient (Wildman–Crippen LogP) is 2.56. The van der Waals surface area contributed by atoms with E-state index in [9.17, 15) is 4.21 Å². The van der Waals surface area contributed by atoms with Crippen LogP contribution in [0.5, 0.6) is 0 Å². The highest BCUT2D eigenvalue weighted by molar-refractivity contribution is 7.84. The molecule has 0 aromatic carbocycles. The lowest BCUT2D eigenvalue weighted by Gasteiger charge is -2.15. The molecule has 1 N–H and O–H groups in total. The van der Waals surface area contributed by atoms with E-state index >= 15 is 0 Å². The molecule has 0 spiro atoms. The third-order valence-electron chi connectivity index (χ3n) is 2.86. The van der Waals surface area contributed by atoms with Crippen molar-refractivity contribution in [3.05, 3.63) is 11.9 Å². The highest BCUT2D eigenvalue weighted by Gasteiger charge is 2.09. The number of unbranched alkanes of at least 4 members (excludes halogenated alkanes) is 1. The smallest absolute Gasteiger partial charge is 0.203 e. The Hall–Kier alpha value is -0.840. The van der Waals surface area contributed by atoms with Crippen LogP contribution in [0.25, 0.3) is 0 Å². The van der Waals surface area contributed by atoms with Crippen molar-refractivity contribution in [3.8, 4) is 0 Å². The standard InChI is InChI=1S/C13H25N3OS/c1-5-6-8-16-10-12(3)15-13(16)14-11(2)7-9-18(4)17/h10-11H,5-9H2,1-4H3,(H,14,15). The third-order valence-corrected chi connectivity index (χ3v) is 3.67. The maximum Gasteiger partial charge on any atom is 0.203 e. The van der Waals surface area contributed by atoms with Gasteiger partial charge < -0.3 is 9.88 Å². The van der Waals surface area contributed by atoms with Gasteiger partial charge in [-0.3, -0.25) is 4.21 Å². The number of aryl methyl sites for hydroxylation is 2. The second-order valence-electron chi connectivity index (χ2n) is 4.86. The molecule has 18 heavy (non-hydrogen) atoms. The second kappa shape index (κ2) is 7.56. The molecular formula is C13H25N3OS. The molecule has 0 aliphatic heterocycles. The number of hydrogen-bond donors (Lipinski definition) is 1. The summed E-state index contributed by atoms with van der Waals surface area (Å²) in [4.78, 5) is 4.51. The van der Waals surface area contributed by atoms with E-state index in [1.165, 1.54) is 6.42 Å². The Kier molecular flexibility index (Phi) is 6.39. The maximum absolute atomic E-state index is 11.1. The molecule has 0 saturated carbocycles. The van der Waals surface area contributed by atoms with Crippen molar-refractivity contribution in [2.24, 2.45) is 0 Å². The first kappa shape index (κ1) is 15.2. The summed E-state index contributed by atoms with van der Waals surface area (Å²) in [6.07, 6.45) is 7.09. The van der Waals surface area contributed by atoms with Crippen molar-refractivity contribution in [3.63, 3.8) is 0 Å². The molecular weight excluding hydrogens is 246 g/mol. The summed E-state index contributed by atoms with van der Waals surface area (Å²) >= 11 is 0. The zero-order valence-corrected chi connectivity index (χ0v) is 12.7. The fourth-order valence-corrected chi connectivity index (χ4v) is 2.48. The molecule has 104 valence electrons. The van der Waals surface area contributed by atoms with Gasteiger partial charge >= 0.3 is 0 Å².